The second-order valence-corrected chi connectivity index (χ2v) is 4.11. The van der Waals surface area contributed by atoms with Crippen LogP contribution in [0.2, 0.25) is 0 Å². The summed E-state index contributed by atoms with van der Waals surface area (Å²) in [5.41, 5.74) is 0.986. The summed E-state index contributed by atoms with van der Waals surface area (Å²) in [5, 5.41) is 4.54. The van der Waals surface area contributed by atoms with Gasteiger partial charge in [-0.2, -0.15) is 0 Å². The number of nitrogens with one attached hydrogen (secondary N) is 2. The van der Waals surface area contributed by atoms with Crippen molar-refractivity contribution < 1.29 is 14.3 Å². The Morgan fingerprint density at radius 2 is 2.00 bits per heavy atom. The Hall–Kier alpha value is -2.08. The Kier molecular flexibility index (Phi) is 5.81. The average molecular weight is 265 g/mol. The molecule has 0 bridgehead atoms. The number of carbonyl (C=O) groups excluding carboxylic acids is 2. The summed E-state index contributed by atoms with van der Waals surface area (Å²) in [6, 6.07) is 7.10. The summed E-state index contributed by atoms with van der Waals surface area (Å²) >= 11 is 0. The van der Waals surface area contributed by atoms with Crippen LogP contribution in [-0.2, 0) is 11.3 Å². The fraction of sp³-hybridized carbons (Fsp3) is 0.385. The molecule has 6 heteroatoms. The summed E-state index contributed by atoms with van der Waals surface area (Å²) in [4.78, 5) is 24.3. The quantitative estimate of drug-likeness (QED) is 0.817. The van der Waals surface area contributed by atoms with Gasteiger partial charge in [0.05, 0.1) is 13.7 Å². The van der Waals surface area contributed by atoms with E-state index in [1.165, 1.54) is 7.05 Å². The first-order valence-corrected chi connectivity index (χ1v) is 5.88. The molecule has 0 radical (unpaired) electrons. The molecule has 3 amide bonds. The molecule has 0 atom stereocenters. The van der Waals surface area contributed by atoms with Gasteiger partial charge in [0.1, 0.15) is 5.75 Å². The number of likely N-dealkylation sites (N-methyl/N-ethyl adjacent to an activating group) is 1. The topological polar surface area (TPSA) is 70.7 Å². The van der Waals surface area contributed by atoms with Crippen LogP contribution in [0.1, 0.15) is 5.56 Å². The van der Waals surface area contributed by atoms with Crippen LogP contribution in [-0.4, -0.2) is 44.6 Å². The van der Waals surface area contributed by atoms with Gasteiger partial charge < -0.3 is 10.1 Å². The normalized spacial score (nSPS) is 10.1. The van der Waals surface area contributed by atoms with Gasteiger partial charge in [0.15, 0.2) is 0 Å². The van der Waals surface area contributed by atoms with Crippen LogP contribution in [0.25, 0.3) is 0 Å². The fourth-order valence-corrected chi connectivity index (χ4v) is 1.65. The molecule has 0 spiro atoms. The summed E-state index contributed by atoms with van der Waals surface area (Å²) in [6.45, 7) is 0.691. The average Bonchev–Trinajstić information content (AvgIpc) is 2.38. The van der Waals surface area contributed by atoms with Crippen LogP contribution < -0.4 is 15.4 Å². The second kappa shape index (κ2) is 7.38. The van der Waals surface area contributed by atoms with E-state index in [4.69, 9.17) is 4.74 Å². The number of hydrogen-bond donors (Lipinski definition) is 2. The number of para-hydroxylation sites is 1. The predicted molar refractivity (Wildman–Crippen MR) is 71.9 cm³/mol. The fourth-order valence-electron chi connectivity index (χ4n) is 1.65. The lowest BCUT2D eigenvalue weighted by molar-refractivity contribution is -0.120. The molecule has 0 saturated heterocycles. The van der Waals surface area contributed by atoms with Crippen molar-refractivity contribution in [3.05, 3.63) is 29.8 Å². The van der Waals surface area contributed by atoms with Crippen molar-refractivity contribution >= 4 is 11.9 Å². The van der Waals surface area contributed by atoms with Crippen molar-refractivity contribution in [2.45, 2.75) is 6.54 Å². The van der Waals surface area contributed by atoms with Crippen LogP contribution in [0.5, 0.6) is 5.75 Å². The summed E-state index contributed by atoms with van der Waals surface area (Å²) in [7, 11) is 4.87. The van der Waals surface area contributed by atoms with Crippen molar-refractivity contribution in [1.29, 1.82) is 0 Å². The van der Waals surface area contributed by atoms with Gasteiger partial charge in [-0.3, -0.25) is 15.0 Å². The molecule has 1 rings (SSSR count). The van der Waals surface area contributed by atoms with E-state index in [-0.39, 0.29) is 12.5 Å². The van der Waals surface area contributed by atoms with Gasteiger partial charge in [0.2, 0.25) is 5.91 Å². The lowest BCUT2D eigenvalue weighted by atomic mass is 10.2. The van der Waals surface area contributed by atoms with Crippen LogP contribution >= 0.6 is 0 Å². The molecule has 104 valence electrons. The van der Waals surface area contributed by atoms with Gasteiger partial charge in [-0.25, -0.2) is 4.79 Å². The van der Waals surface area contributed by atoms with E-state index in [1.54, 1.807) is 19.1 Å². The standard InChI is InChI=1S/C13H19N3O3/c1-14-13(18)15-12(17)9-16(2)8-10-6-4-5-7-11(10)19-3/h4-7H,8-9H2,1-3H3,(H2,14,15,17,18). The van der Waals surface area contributed by atoms with Gasteiger partial charge in [-0.1, -0.05) is 18.2 Å². The second-order valence-electron chi connectivity index (χ2n) is 4.11. The predicted octanol–water partition coefficient (Wildman–Crippen LogP) is 0.583. The molecule has 0 aliphatic heterocycles. The molecule has 0 fully saturated rings. The molecular weight excluding hydrogens is 246 g/mol. The van der Waals surface area contributed by atoms with Crippen molar-refractivity contribution in [3.8, 4) is 5.75 Å². The van der Waals surface area contributed by atoms with E-state index < -0.39 is 6.03 Å². The van der Waals surface area contributed by atoms with E-state index in [0.29, 0.717) is 6.54 Å². The monoisotopic (exact) mass is 265 g/mol. The number of urea groups is 1. The Morgan fingerprint density at radius 1 is 1.32 bits per heavy atom. The van der Waals surface area contributed by atoms with E-state index in [9.17, 15) is 9.59 Å². The number of rotatable bonds is 5. The van der Waals surface area contributed by atoms with Crippen LogP contribution in [0.15, 0.2) is 24.3 Å². The first-order chi connectivity index (χ1) is 9.06. The molecule has 1 aromatic carbocycles. The number of hydrogen-bond acceptors (Lipinski definition) is 4. The highest BCUT2D eigenvalue weighted by Gasteiger charge is 2.11. The van der Waals surface area contributed by atoms with E-state index >= 15 is 0 Å². The van der Waals surface area contributed by atoms with Crippen molar-refractivity contribution in [3.63, 3.8) is 0 Å². The minimum absolute atomic E-state index is 0.130. The van der Waals surface area contributed by atoms with Crippen molar-refractivity contribution in [2.24, 2.45) is 0 Å². The Labute approximate surface area is 112 Å². The molecule has 0 aliphatic carbocycles. The zero-order valence-corrected chi connectivity index (χ0v) is 11.4. The van der Waals surface area contributed by atoms with Crippen LogP contribution in [0, 0.1) is 0 Å². The molecule has 1 aromatic rings. The Bertz CT molecular complexity index is 449. The van der Waals surface area contributed by atoms with Gasteiger partial charge in [-0.15, -0.1) is 0 Å². The molecular formula is C13H19N3O3. The Morgan fingerprint density at radius 3 is 2.63 bits per heavy atom. The SMILES string of the molecule is CNC(=O)NC(=O)CN(C)Cc1ccccc1OC. The van der Waals surface area contributed by atoms with E-state index in [0.717, 1.165) is 11.3 Å². The molecule has 0 aliphatic rings. The third kappa shape index (κ3) is 4.97. The Balaban J connectivity index is 2.53. The highest BCUT2D eigenvalue weighted by Crippen LogP contribution is 2.18. The molecule has 19 heavy (non-hydrogen) atoms. The molecule has 0 heterocycles. The van der Waals surface area contributed by atoms with Gasteiger partial charge in [0.25, 0.3) is 0 Å². The third-order valence-corrected chi connectivity index (χ3v) is 2.53. The maximum Gasteiger partial charge on any atom is 0.321 e. The summed E-state index contributed by atoms with van der Waals surface area (Å²) < 4.78 is 5.24. The number of amides is 3. The van der Waals surface area contributed by atoms with E-state index in [2.05, 4.69) is 10.6 Å². The lowest BCUT2D eigenvalue weighted by Crippen LogP contribution is -2.42. The first kappa shape index (κ1) is 15.0. The van der Waals surface area contributed by atoms with Gasteiger partial charge in [-0.05, 0) is 13.1 Å². The maximum atomic E-state index is 11.5. The van der Waals surface area contributed by atoms with Crippen LogP contribution in [0.3, 0.4) is 0 Å². The number of ether oxygens (including phenoxy) is 1. The molecule has 2 N–H and O–H groups in total. The van der Waals surface area contributed by atoms with Gasteiger partial charge in [0, 0.05) is 19.2 Å². The number of imide groups is 1. The van der Waals surface area contributed by atoms with Gasteiger partial charge >= 0.3 is 6.03 Å². The number of carbonyl (C=O) groups is 2. The first-order valence-electron chi connectivity index (χ1n) is 5.88. The highest BCUT2D eigenvalue weighted by molar-refractivity contribution is 5.95. The highest BCUT2D eigenvalue weighted by atomic mass is 16.5. The number of benzene rings is 1. The smallest absolute Gasteiger partial charge is 0.321 e. The molecule has 0 unspecified atom stereocenters. The zero-order valence-electron chi connectivity index (χ0n) is 11.4. The summed E-state index contributed by atoms with van der Waals surface area (Å²) in [6.07, 6.45) is 0. The zero-order chi connectivity index (χ0) is 14.3. The minimum atomic E-state index is -0.504. The minimum Gasteiger partial charge on any atom is -0.496 e. The third-order valence-electron chi connectivity index (χ3n) is 2.53. The van der Waals surface area contributed by atoms with Crippen molar-refractivity contribution in [2.75, 3.05) is 27.7 Å². The number of methoxy groups -OCH3 is 1. The molecule has 6 nitrogen and oxygen atoms in total. The maximum absolute atomic E-state index is 11.5. The lowest BCUT2D eigenvalue weighted by Gasteiger charge is -2.17. The van der Waals surface area contributed by atoms with Crippen LogP contribution in [0.4, 0.5) is 4.79 Å². The molecule has 0 saturated carbocycles. The van der Waals surface area contributed by atoms with Crippen molar-refractivity contribution in [1.82, 2.24) is 15.5 Å². The molecule has 0 aromatic heterocycles. The van der Waals surface area contributed by atoms with E-state index in [1.807, 2.05) is 24.3 Å². The summed E-state index contributed by atoms with van der Waals surface area (Å²) in [5.74, 6) is 0.429. The largest absolute Gasteiger partial charge is 0.496 e. The number of nitrogens with zero attached hydrogens (tertiary/aromatic N) is 1.